The van der Waals surface area contributed by atoms with Crippen LogP contribution in [0.15, 0.2) is 72.8 Å². The highest BCUT2D eigenvalue weighted by atomic mass is 16.5. The van der Waals surface area contributed by atoms with Crippen LogP contribution in [0.1, 0.15) is 15.9 Å². The Bertz CT molecular complexity index is 828. The zero-order valence-electron chi connectivity index (χ0n) is 12.4. The highest BCUT2D eigenvalue weighted by Gasteiger charge is 2.09. The number of para-hydroxylation sites is 1. The van der Waals surface area contributed by atoms with E-state index in [9.17, 15) is 4.79 Å². The fourth-order valence-electron chi connectivity index (χ4n) is 2.21. The van der Waals surface area contributed by atoms with Gasteiger partial charge in [-0.2, -0.15) is 0 Å². The van der Waals surface area contributed by atoms with E-state index in [0.29, 0.717) is 34.0 Å². The van der Waals surface area contributed by atoms with Crippen molar-refractivity contribution in [3.8, 4) is 11.5 Å². The normalized spacial score (nSPS) is 10.3. The van der Waals surface area contributed by atoms with Crippen molar-refractivity contribution < 1.29 is 9.53 Å². The average molecular weight is 304 g/mol. The third-order valence-corrected chi connectivity index (χ3v) is 3.48. The number of hydrogen-bond acceptors (Lipinski definition) is 4. The van der Waals surface area contributed by atoms with E-state index in [0.717, 1.165) is 0 Å². The van der Waals surface area contributed by atoms with Gasteiger partial charge in [0.15, 0.2) is 11.5 Å². The predicted molar refractivity (Wildman–Crippen MR) is 91.7 cm³/mol. The zero-order chi connectivity index (χ0) is 16.2. The van der Waals surface area contributed by atoms with Crippen molar-refractivity contribution in [2.24, 2.45) is 0 Å². The molecule has 0 aliphatic carbocycles. The van der Waals surface area contributed by atoms with Gasteiger partial charge >= 0.3 is 0 Å². The number of rotatable bonds is 4. The topological polar surface area (TPSA) is 78.3 Å². The first-order chi connectivity index (χ1) is 11.1. The van der Waals surface area contributed by atoms with Gasteiger partial charge in [-0.05, 0) is 36.4 Å². The van der Waals surface area contributed by atoms with E-state index in [2.05, 4.69) is 0 Å². The third-order valence-electron chi connectivity index (χ3n) is 3.48. The predicted octanol–water partition coefficient (Wildman–Crippen LogP) is 3.87. The van der Waals surface area contributed by atoms with E-state index in [1.165, 1.54) is 0 Å². The molecule has 4 nitrogen and oxygen atoms in total. The van der Waals surface area contributed by atoms with E-state index >= 15 is 0 Å². The summed E-state index contributed by atoms with van der Waals surface area (Å²) in [7, 11) is 0. The van der Waals surface area contributed by atoms with Gasteiger partial charge in [-0.3, -0.25) is 4.79 Å². The summed E-state index contributed by atoms with van der Waals surface area (Å²) in [5.74, 6) is 1.06. The van der Waals surface area contributed by atoms with E-state index in [1.54, 1.807) is 54.6 Å². The fourth-order valence-corrected chi connectivity index (χ4v) is 2.21. The summed E-state index contributed by atoms with van der Waals surface area (Å²) >= 11 is 0. The van der Waals surface area contributed by atoms with Crippen LogP contribution >= 0.6 is 0 Å². The number of ketones is 1. The number of nitrogens with two attached hydrogens (primary N) is 2. The minimum Gasteiger partial charge on any atom is -0.455 e. The summed E-state index contributed by atoms with van der Waals surface area (Å²) in [5, 5.41) is 0. The van der Waals surface area contributed by atoms with Crippen LogP contribution in [0.5, 0.6) is 11.5 Å². The number of hydrogen-bond donors (Lipinski definition) is 2. The molecule has 4 N–H and O–H groups in total. The molecule has 3 aromatic rings. The van der Waals surface area contributed by atoms with E-state index in [1.807, 2.05) is 18.2 Å². The molecule has 0 bridgehead atoms. The van der Waals surface area contributed by atoms with Gasteiger partial charge in [-0.1, -0.05) is 36.4 Å². The first-order valence-corrected chi connectivity index (χ1v) is 7.17. The van der Waals surface area contributed by atoms with E-state index < -0.39 is 0 Å². The Morgan fingerprint density at radius 3 is 2.09 bits per heavy atom. The molecule has 3 rings (SSSR count). The Hall–Kier alpha value is -3.27. The lowest BCUT2D eigenvalue weighted by Crippen LogP contribution is -2.01. The molecule has 114 valence electrons. The van der Waals surface area contributed by atoms with Crippen LogP contribution in [0.25, 0.3) is 0 Å². The van der Waals surface area contributed by atoms with Crippen LogP contribution in [-0.4, -0.2) is 5.78 Å². The lowest BCUT2D eigenvalue weighted by molar-refractivity contribution is 0.103. The Morgan fingerprint density at radius 1 is 0.739 bits per heavy atom. The first kappa shape index (κ1) is 14.7. The molecule has 0 amide bonds. The Kier molecular flexibility index (Phi) is 3.97. The smallest absolute Gasteiger partial charge is 0.193 e. The van der Waals surface area contributed by atoms with Crippen LogP contribution < -0.4 is 16.2 Å². The van der Waals surface area contributed by atoms with Gasteiger partial charge < -0.3 is 16.2 Å². The highest BCUT2D eigenvalue weighted by Crippen LogP contribution is 2.31. The van der Waals surface area contributed by atoms with E-state index in [-0.39, 0.29) is 5.78 Å². The van der Waals surface area contributed by atoms with Gasteiger partial charge in [0, 0.05) is 11.1 Å². The molecule has 0 unspecified atom stereocenters. The maximum Gasteiger partial charge on any atom is 0.193 e. The molecule has 3 aromatic carbocycles. The van der Waals surface area contributed by atoms with Crippen LogP contribution in [0, 0.1) is 0 Å². The van der Waals surface area contributed by atoms with Crippen molar-refractivity contribution in [3.05, 3.63) is 83.9 Å². The molecule has 4 heteroatoms. The van der Waals surface area contributed by atoms with E-state index in [4.69, 9.17) is 16.2 Å². The molecule has 0 heterocycles. The second kappa shape index (κ2) is 6.23. The van der Waals surface area contributed by atoms with Crippen molar-refractivity contribution in [2.75, 3.05) is 11.5 Å². The summed E-state index contributed by atoms with van der Waals surface area (Å²) in [5.41, 5.74) is 13.8. The van der Waals surface area contributed by atoms with Gasteiger partial charge in [0.2, 0.25) is 0 Å². The third kappa shape index (κ3) is 3.16. The Morgan fingerprint density at radius 2 is 1.39 bits per heavy atom. The van der Waals surface area contributed by atoms with Gasteiger partial charge in [0.05, 0.1) is 11.4 Å². The number of ether oxygens (including phenoxy) is 1. The van der Waals surface area contributed by atoms with Crippen molar-refractivity contribution in [3.63, 3.8) is 0 Å². The molecule has 0 radical (unpaired) electrons. The van der Waals surface area contributed by atoms with Gasteiger partial charge in [-0.25, -0.2) is 0 Å². The second-order valence-corrected chi connectivity index (χ2v) is 5.08. The lowest BCUT2D eigenvalue weighted by atomic mass is 10.0. The molecule has 0 aliphatic rings. The second-order valence-electron chi connectivity index (χ2n) is 5.08. The zero-order valence-corrected chi connectivity index (χ0v) is 12.4. The minimum absolute atomic E-state index is 0.0272. The highest BCUT2D eigenvalue weighted by molar-refractivity contribution is 6.08. The van der Waals surface area contributed by atoms with Crippen molar-refractivity contribution in [1.82, 2.24) is 0 Å². The molecule has 0 aromatic heterocycles. The lowest BCUT2D eigenvalue weighted by Gasteiger charge is -2.10. The average Bonchev–Trinajstić information content (AvgIpc) is 2.60. The SMILES string of the molecule is Nc1cccc(Oc2ccc(C(=O)c3ccccc3)cc2)c1N. The van der Waals surface area contributed by atoms with Crippen molar-refractivity contribution in [1.29, 1.82) is 0 Å². The first-order valence-electron chi connectivity index (χ1n) is 7.17. The Balaban J connectivity index is 1.80. The molecule has 0 aliphatic heterocycles. The summed E-state index contributed by atoms with van der Waals surface area (Å²) in [4.78, 5) is 12.3. The quantitative estimate of drug-likeness (QED) is 0.566. The number of nitrogen functional groups attached to an aromatic ring is 2. The molecule has 0 fully saturated rings. The van der Waals surface area contributed by atoms with Crippen LogP contribution in [-0.2, 0) is 0 Å². The molecule has 0 saturated carbocycles. The molecule has 0 saturated heterocycles. The molecule has 0 atom stereocenters. The molecular formula is C19H16N2O2. The number of benzene rings is 3. The fraction of sp³-hybridized carbons (Fsp3) is 0. The standard InChI is InChI=1S/C19H16N2O2/c20-16-7-4-8-17(18(16)21)23-15-11-9-14(10-12-15)19(22)13-5-2-1-3-6-13/h1-12H,20-21H2. The summed E-state index contributed by atoms with van der Waals surface area (Å²) < 4.78 is 5.71. The van der Waals surface area contributed by atoms with Crippen LogP contribution in [0.2, 0.25) is 0 Å². The van der Waals surface area contributed by atoms with Crippen LogP contribution in [0.3, 0.4) is 0 Å². The van der Waals surface area contributed by atoms with Gasteiger partial charge in [0.25, 0.3) is 0 Å². The maximum atomic E-state index is 12.3. The number of carbonyl (C=O) groups is 1. The van der Waals surface area contributed by atoms with Gasteiger partial charge in [0.1, 0.15) is 5.75 Å². The van der Waals surface area contributed by atoms with Crippen molar-refractivity contribution >= 4 is 17.2 Å². The van der Waals surface area contributed by atoms with Gasteiger partial charge in [-0.15, -0.1) is 0 Å². The number of anilines is 2. The monoisotopic (exact) mass is 304 g/mol. The summed E-state index contributed by atoms with van der Waals surface area (Å²) in [6.07, 6.45) is 0. The maximum absolute atomic E-state index is 12.3. The minimum atomic E-state index is -0.0272. The largest absolute Gasteiger partial charge is 0.455 e. The van der Waals surface area contributed by atoms with Crippen molar-refractivity contribution in [2.45, 2.75) is 0 Å². The number of carbonyl (C=O) groups excluding carboxylic acids is 1. The van der Waals surface area contributed by atoms with Crippen LogP contribution in [0.4, 0.5) is 11.4 Å². The molecule has 0 spiro atoms. The molecule has 23 heavy (non-hydrogen) atoms. The summed E-state index contributed by atoms with van der Waals surface area (Å²) in [6, 6.07) is 21.3. The molecular weight excluding hydrogens is 288 g/mol. The summed E-state index contributed by atoms with van der Waals surface area (Å²) in [6.45, 7) is 0. The Labute approximate surface area is 134 Å².